The van der Waals surface area contributed by atoms with E-state index in [4.69, 9.17) is 5.73 Å². The number of nitrogens with two attached hydrogens (primary N) is 1. The molecule has 0 spiro atoms. The third-order valence-electron chi connectivity index (χ3n) is 2.27. The Bertz CT molecular complexity index is 426. The van der Waals surface area contributed by atoms with E-state index in [2.05, 4.69) is 0 Å². The number of thiophene rings is 1. The molecule has 0 aliphatic rings. The average Bonchev–Trinajstić information content (AvgIpc) is 2.66. The molecule has 16 heavy (non-hydrogen) atoms. The maximum atomic E-state index is 12.2. The van der Waals surface area contributed by atoms with Crippen LogP contribution in [0.15, 0.2) is 16.3 Å². The predicted octanol–water partition coefficient (Wildman–Crippen LogP) is 1.42. The van der Waals surface area contributed by atoms with Gasteiger partial charge in [-0.2, -0.15) is 4.31 Å². The van der Waals surface area contributed by atoms with Gasteiger partial charge in [0, 0.05) is 18.0 Å². The molecule has 2 N–H and O–H groups in total. The summed E-state index contributed by atoms with van der Waals surface area (Å²) in [5.41, 5.74) is 5.40. The minimum atomic E-state index is -3.31. The van der Waals surface area contributed by atoms with Gasteiger partial charge in [0.2, 0.25) is 0 Å². The molecule has 0 saturated carbocycles. The molecule has 0 unspecified atom stereocenters. The van der Waals surface area contributed by atoms with E-state index in [1.807, 2.05) is 19.9 Å². The van der Waals surface area contributed by atoms with E-state index in [0.29, 0.717) is 30.3 Å². The summed E-state index contributed by atoms with van der Waals surface area (Å²) < 4.78 is 26.3. The summed E-state index contributed by atoms with van der Waals surface area (Å²) in [5.74, 6) is 0. The van der Waals surface area contributed by atoms with Crippen LogP contribution < -0.4 is 5.73 Å². The zero-order valence-corrected chi connectivity index (χ0v) is 11.3. The fourth-order valence-corrected chi connectivity index (χ4v) is 4.32. The molecule has 0 aliphatic heterocycles. The summed E-state index contributed by atoms with van der Waals surface area (Å²) >= 11 is 1.31. The van der Waals surface area contributed by atoms with Crippen LogP contribution in [0.3, 0.4) is 0 Å². The summed E-state index contributed by atoms with van der Waals surface area (Å²) in [6.07, 6.45) is 0.692. The monoisotopic (exact) mass is 262 g/mol. The minimum Gasteiger partial charge on any atom is -0.330 e. The van der Waals surface area contributed by atoms with Crippen molar-refractivity contribution < 1.29 is 8.42 Å². The van der Waals surface area contributed by atoms with E-state index in [1.165, 1.54) is 15.6 Å². The van der Waals surface area contributed by atoms with Crippen LogP contribution in [0.2, 0.25) is 0 Å². The Balaban J connectivity index is 2.90. The topological polar surface area (TPSA) is 63.4 Å². The molecule has 0 aromatic carbocycles. The Morgan fingerprint density at radius 1 is 1.44 bits per heavy atom. The van der Waals surface area contributed by atoms with Crippen molar-refractivity contribution in [2.45, 2.75) is 24.5 Å². The van der Waals surface area contributed by atoms with Crippen LogP contribution in [-0.2, 0) is 10.0 Å². The van der Waals surface area contributed by atoms with Gasteiger partial charge in [-0.25, -0.2) is 8.42 Å². The third kappa shape index (κ3) is 3.04. The Kier molecular flexibility index (Phi) is 4.91. The number of sulfonamides is 1. The van der Waals surface area contributed by atoms with E-state index in [-0.39, 0.29) is 0 Å². The third-order valence-corrected chi connectivity index (χ3v) is 5.72. The normalized spacial score (nSPS) is 12.2. The highest BCUT2D eigenvalue weighted by molar-refractivity contribution is 7.91. The molecule has 1 aromatic rings. The molecule has 0 amide bonds. The number of hydrogen-bond donors (Lipinski definition) is 1. The molecule has 1 aromatic heterocycles. The first kappa shape index (κ1) is 13.6. The number of rotatable bonds is 6. The summed E-state index contributed by atoms with van der Waals surface area (Å²) in [7, 11) is -3.31. The van der Waals surface area contributed by atoms with Crippen LogP contribution >= 0.6 is 11.3 Å². The van der Waals surface area contributed by atoms with Gasteiger partial charge >= 0.3 is 0 Å². The predicted molar refractivity (Wildman–Crippen MR) is 67.2 cm³/mol. The molecule has 0 atom stereocenters. The van der Waals surface area contributed by atoms with E-state index in [1.54, 1.807) is 6.07 Å². The first-order valence-electron chi connectivity index (χ1n) is 5.29. The highest BCUT2D eigenvalue weighted by atomic mass is 32.2. The molecule has 4 nitrogen and oxygen atoms in total. The fraction of sp³-hybridized carbons (Fsp3) is 0.600. The lowest BCUT2D eigenvalue weighted by Gasteiger charge is -2.18. The molecule has 0 saturated heterocycles. The smallest absolute Gasteiger partial charge is 0.252 e. The van der Waals surface area contributed by atoms with Crippen LogP contribution in [-0.4, -0.2) is 32.4 Å². The zero-order valence-electron chi connectivity index (χ0n) is 9.64. The molecule has 0 aliphatic carbocycles. The van der Waals surface area contributed by atoms with Gasteiger partial charge in [-0.3, -0.25) is 0 Å². The zero-order chi connectivity index (χ0) is 12.2. The summed E-state index contributed by atoms with van der Waals surface area (Å²) in [4.78, 5) is 1.01. The van der Waals surface area contributed by atoms with Crippen LogP contribution in [0.1, 0.15) is 18.2 Å². The highest BCUT2D eigenvalue weighted by Gasteiger charge is 2.23. The maximum absolute atomic E-state index is 12.2. The molecular formula is C10H18N2O2S2. The van der Waals surface area contributed by atoms with Gasteiger partial charge in [-0.15, -0.1) is 11.3 Å². The quantitative estimate of drug-likeness (QED) is 0.843. The second-order valence-electron chi connectivity index (χ2n) is 3.50. The summed E-state index contributed by atoms with van der Waals surface area (Å²) in [5, 5.41) is 0. The van der Waals surface area contributed by atoms with E-state index in [0.717, 1.165) is 4.88 Å². The van der Waals surface area contributed by atoms with Crippen molar-refractivity contribution in [2.75, 3.05) is 19.6 Å². The molecule has 0 bridgehead atoms. The second-order valence-corrected chi connectivity index (χ2v) is 6.96. The average molecular weight is 262 g/mol. The van der Waals surface area contributed by atoms with Crippen molar-refractivity contribution in [1.29, 1.82) is 0 Å². The standard InChI is InChI=1S/C10H18N2O2S2/c1-3-12(8-4-7-11)16(13,14)10-6-5-9(2)15-10/h5-6H,3-4,7-8,11H2,1-2H3. The van der Waals surface area contributed by atoms with Crippen molar-refractivity contribution in [3.8, 4) is 0 Å². The Morgan fingerprint density at radius 3 is 2.56 bits per heavy atom. The first-order chi connectivity index (χ1) is 7.52. The maximum Gasteiger partial charge on any atom is 0.252 e. The number of aryl methyl sites for hydroxylation is 1. The fourth-order valence-electron chi connectivity index (χ4n) is 1.39. The largest absolute Gasteiger partial charge is 0.330 e. The second kappa shape index (κ2) is 5.77. The van der Waals surface area contributed by atoms with Gasteiger partial charge in [0.1, 0.15) is 4.21 Å². The molecule has 6 heteroatoms. The van der Waals surface area contributed by atoms with Crippen molar-refractivity contribution in [2.24, 2.45) is 5.73 Å². The van der Waals surface area contributed by atoms with Crippen LogP contribution in [0, 0.1) is 6.92 Å². The Hall–Kier alpha value is -0.430. The number of hydrogen-bond acceptors (Lipinski definition) is 4. The number of nitrogens with zero attached hydrogens (tertiary/aromatic N) is 1. The van der Waals surface area contributed by atoms with Crippen molar-refractivity contribution in [3.05, 3.63) is 17.0 Å². The highest BCUT2D eigenvalue weighted by Crippen LogP contribution is 2.24. The lowest BCUT2D eigenvalue weighted by Crippen LogP contribution is -2.32. The van der Waals surface area contributed by atoms with Crippen molar-refractivity contribution in [1.82, 2.24) is 4.31 Å². The van der Waals surface area contributed by atoms with Gasteiger partial charge in [0.15, 0.2) is 0 Å². The Morgan fingerprint density at radius 2 is 2.12 bits per heavy atom. The molecule has 0 radical (unpaired) electrons. The van der Waals surface area contributed by atoms with Gasteiger partial charge < -0.3 is 5.73 Å². The van der Waals surface area contributed by atoms with Crippen LogP contribution in [0.25, 0.3) is 0 Å². The van der Waals surface area contributed by atoms with Gasteiger partial charge in [0.25, 0.3) is 10.0 Å². The summed E-state index contributed by atoms with van der Waals surface area (Å²) in [6.45, 7) is 5.23. The lowest BCUT2D eigenvalue weighted by molar-refractivity contribution is 0.424. The summed E-state index contributed by atoms with van der Waals surface area (Å²) in [6, 6.07) is 3.49. The molecule has 1 heterocycles. The molecule has 92 valence electrons. The van der Waals surface area contributed by atoms with Gasteiger partial charge in [0.05, 0.1) is 0 Å². The van der Waals surface area contributed by atoms with Gasteiger partial charge in [-0.1, -0.05) is 6.92 Å². The Labute approximate surface area is 101 Å². The molecular weight excluding hydrogens is 244 g/mol. The van der Waals surface area contributed by atoms with Gasteiger partial charge in [-0.05, 0) is 32.0 Å². The first-order valence-corrected chi connectivity index (χ1v) is 7.54. The molecule has 1 rings (SSSR count). The van der Waals surface area contributed by atoms with E-state index < -0.39 is 10.0 Å². The van der Waals surface area contributed by atoms with Crippen LogP contribution in [0.4, 0.5) is 0 Å². The van der Waals surface area contributed by atoms with Crippen LogP contribution in [0.5, 0.6) is 0 Å². The molecule has 0 fully saturated rings. The SMILES string of the molecule is CCN(CCCN)S(=O)(=O)c1ccc(C)s1. The van der Waals surface area contributed by atoms with E-state index >= 15 is 0 Å². The minimum absolute atomic E-state index is 0.420. The van der Waals surface area contributed by atoms with E-state index in [9.17, 15) is 8.42 Å². The van der Waals surface area contributed by atoms with Crippen molar-refractivity contribution >= 4 is 21.4 Å². The lowest BCUT2D eigenvalue weighted by atomic mass is 10.4. The van der Waals surface area contributed by atoms with Crippen molar-refractivity contribution in [3.63, 3.8) is 0 Å².